The van der Waals surface area contributed by atoms with Crippen molar-refractivity contribution in [3.05, 3.63) is 71.9 Å². The number of rotatable bonds is 8. The van der Waals surface area contributed by atoms with Crippen LogP contribution in [0, 0.1) is 17.2 Å². The number of benzene rings is 2. The lowest BCUT2D eigenvalue weighted by Gasteiger charge is -2.43. The van der Waals surface area contributed by atoms with Gasteiger partial charge in [-0.05, 0) is 36.0 Å². The van der Waals surface area contributed by atoms with E-state index in [4.69, 9.17) is 5.73 Å². The second-order valence-electron chi connectivity index (χ2n) is 9.92. The molecule has 0 radical (unpaired) electrons. The van der Waals surface area contributed by atoms with E-state index >= 15 is 4.39 Å². The minimum Gasteiger partial charge on any atom is -0.365 e. The molecule has 2 aromatic carbocycles. The minimum absolute atomic E-state index is 0.0134. The summed E-state index contributed by atoms with van der Waals surface area (Å²) in [6.45, 7) is 1.22. The first-order valence-corrected chi connectivity index (χ1v) is 12.5. The van der Waals surface area contributed by atoms with Gasteiger partial charge in [0, 0.05) is 31.7 Å². The van der Waals surface area contributed by atoms with Crippen molar-refractivity contribution in [2.75, 3.05) is 18.4 Å². The highest BCUT2D eigenvalue weighted by atomic mass is 19.1. The summed E-state index contributed by atoms with van der Waals surface area (Å²) in [5.74, 6) is -1.07. The molecule has 0 bridgehead atoms. The van der Waals surface area contributed by atoms with Crippen LogP contribution in [-0.4, -0.2) is 45.8 Å². The molecule has 1 aliphatic heterocycles. The summed E-state index contributed by atoms with van der Waals surface area (Å²) < 4.78 is 17.2. The Bertz CT molecular complexity index is 1330. The van der Waals surface area contributed by atoms with E-state index in [0.717, 1.165) is 29.5 Å². The van der Waals surface area contributed by atoms with Crippen molar-refractivity contribution in [1.82, 2.24) is 14.7 Å². The zero-order chi connectivity index (χ0) is 26.0. The maximum absolute atomic E-state index is 15.9. The maximum Gasteiger partial charge on any atom is 0.254 e. The van der Waals surface area contributed by atoms with Crippen molar-refractivity contribution in [3.8, 4) is 17.2 Å². The molecule has 1 aromatic heterocycles. The normalized spacial score (nSPS) is 21.8. The number of alkyl halides is 1. The molecule has 2 fully saturated rings. The van der Waals surface area contributed by atoms with Gasteiger partial charge in [-0.3, -0.25) is 19.2 Å². The second-order valence-corrected chi connectivity index (χ2v) is 9.92. The predicted molar refractivity (Wildman–Crippen MR) is 137 cm³/mol. The molecule has 9 heteroatoms. The van der Waals surface area contributed by atoms with E-state index in [1.807, 2.05) is 35.2 Å². The average molecular weight is 501 g/mol. The summed E-state index contributed by atoms with van der Waals surface area (Å²) in [7, 11) is 0. The van der Waals surface area contributed by atoms with Crippen LogP contribution in [0.25, 0.3) is 11.1 Å². The smallest absolute Gasteiger partial charge is 0.254 e. The van der Waals surface area contributed by atoms with E-state index in [2.05, 4.69) is 40.8 Å². The number of nitrogens with two attached hydrogens (primary N) is 1. The van der Waals surface area contributed by atoms with Crippen LogP contribution in [0.2, 0.25) is 0 Å². The Labute approximate surface area is 214 Å². The van der Waals surface area contributed by atoms with E-state index in [0.29, 0.717) is 19.5 Å². The molecule has 1 aliphatic carbocycles. The molecule has 0 spiro atoms. The summed E-state index contributed by atoms with van der Waals surface area (Å²) >= 11 is 0. The molecule has 0 unspecified atom stereocenters. The quantitative estimate of drug-likeness (QED) is 0.487. The number of likely N-dealkylation sites (tertiary alicyclic amines) is 1. The third kappa shape index (κ3) is 5.11. The fraction of sp³-hybridized carbons (Fsp3) is 0.357. The zero-order valence-electron chi connectivity index (χ0n) is 20.4. The number of carbonyl (C=O) groups is 2. The molecule has 1 saturated heterocycles. The molecule has 2 aliphatic rings. The van der Waals surface area contributed by atoms with Gasteiger partial charge in [0.2, 0.25) is 5.91 Å². The van der Waals surface area contributed by atoms with Gasteiger partial charge in [0.05, 0.1) is 12.5 Å². The number of amides is 2. The maximum atomic E-state index is 15.9. The number of carbonyl (C=O) groups excluding carboxylic acids is 2. The molecule has 2 heterocycles. The summed E-state index contributed by atoms with van der Waals surface area (Å²) in [5, 5.41) is 16.6. The fourth-order valence-electron chi connectivity index (χ4n) is 4.95. The van der Waals surface area contributed by atoms with Crippen LogP contribution in [0.5, 0.6) is 0 Å². The molecule has 37 heavy (non-hydrogen) atoms. The van der Waals surface area contributed by atoms with Crippen molar-refractivity contribution < 1.29 is 14.0 Å². The van der Waals surface area contributed by atoms with E-state index in [1.165, 1.54) is 10.9 Å². The molecule has 190 valence electrons. The van der Waals surface area contributed by atoms with Crippen LogP contribution in [0.4, 0.5) is 10.2 Å². The summed E-state index contributed by atoms with van der Waals surface area (Å²) in [6.07, 6.45) is 1.72. The van der Waals surface area contributed by atoms with Crippen LogP contribution >= 0.6 is 0 Å². The van der Waals surface area contributed by atoms with Crippen LogP contribution in [-0.2, 0) is 16.9 Å². The predicted octanol–water partition coefficient (Wildman–Crippen LogP) is 3.85. The van der Waals surface area contributed by atoms with E-state index in [-0.39, 0.29) is 36.2 Å². The third-order valence-corrected chi connectivity index (χ3v) is 7.34. The molecular formula is C28H29FN6O2. The molecular weight excluding hydrogens is 471 g/mol. The number of aromatic nitrogens is 2. The molecule has 5 rings (SSSR count). The number of nitriles is 1. The lowest BCUT2D eigenvalue weighted by atomic mass is 9.83. The molecule has 2 atom stereocenters. The molecule has 8 nitrogen and oxygen atoms in total. The highest BCUT2D eigenvalue weighted by molar-refractivity contribution is 6.02. The van der Waals surface area contributed by atoms with Gasteiger partial charge in [-0.2, -0.15) is 10.4 Å². The number of anilines is 1. The lowest BCUT2D eigenvalue weighted by molar-refractivity contribution is -0.117. The van der Waals surface area contributed by atoms with Gasteiger partial charge < -0.3 is 11.1 Å². The SMILES string of the molecule is N#CC[C@@]1(n2cc(C(N)=O)c(NC(=O)C3CC3)n2)CCN(Cc2ccc(-c3ccccc3)cc2)C[C@@H]1F. The standard InChI is InChI=1S/C28H29FN6O2/c29-24-18-34(16-19-6-8-21(9-7-19)20-4-2-1-3-5-20)15-13-28(24,12-14-30)35-17-23(25(31)36)26(33-35)32-27(37)22-10-11-22/h1-9,17,22,24H,10-13,15-16,18H2,(H2,31,36)(H,32,33,37)/t24-,28+/m0/s1. The van der Waals surface area contributed by atoms with Gasteiger partial charge in [0.25, 0.3) is 5.91 Å². The number of halogens is 1. The van der Waals surface area contributed by atoms with Gasteiger partial charge in [-0.25, -0.2) is 4.39 Å². The van der Waals surface area contributed by atoms with Gasteiger partial charge in [0.1, 0.15) is 17.3 Å². The minimum atomic E-state index is -1.42. The van der Waals surface area contributed by atoms with Crippen molar-refractivity contribution in [1.29, 1.82) is 5.26 Å². The summed E-state index contributed by atoms with van der Waals surface area (Å²) in [5.41, 5.74) is 7.61. The first kappa shape index (κ1) is 24.7. The zero-order valence-corrected chi connectivity index (χ0v) is 20.4. The van der Waals surface area contributed by atoms with Crippen LogP contribution in [0.1, 0.15) is 41.6 Å². The highest BCUT2D eigenvalue weighted by Gasteiger charge is 2.47. The Balaban J connectivity index is 1.32. The Morgan fingerprint density at radius 3 is 2.46 bits per heavy atom. The largest absolute Gasteiger partial charge is 0.365 e. The number of nitrogens with one attached hydrogen (secondary N) is 1. The fourth-order valence-corrected chi connectivity index (χ4v) is 4.95. The van der Waals surface area contributed by atoms with Crippen LogP contribution in [0.3, 0.4) is 0 Å². The van der Waals surface area contributed by atoms with Crippen LogP contribution < -0.4 is 11.1 Å². The van der Waals surface area contributed by atoms with Crippen molar-refractivity contribution in [2.24, 2.45) is 11.7 Å². The third-order valence-electron chi connectivity index (χ3n) is 7.34. The van der Waals surface area contributed by atoms with E-state index in [9.17, 15) is 14.9 Å². The molecule has 3 aromatic rings. The van der Waals surface area contributed by atoms with E-state index in [1.54, 1.807) is 0 Å². The Morgan fingerprint density at radius 2 is 1.84 bits per heavy atom. The Morgan fingerprint density at radius 1 is 1.14 bits per heavy atom. The summed E-state index contributed by atoms with van der Waals surface area (Å²) in [6, 6.07) is 20.4. The number of piperidine rings is 1. The van der Waals surface area contributed by atoms with Crippen molar-refractivity contribution in [3.63, 3.8) is 0 Å². The van der Waals surface area contributed by atoms with Crippen molar-refractivity contribution in [2.45, 2.75) is 43.9 Å². The molecule has 3 N–H and O–H groups in total. The molecule has 2 amide bonds. The van der Waals surface area contributed by atoms with Gasteiger partial charge in [0.15, 0.2) is 5.82 Å². The van der Waals surface area contributed by atoms with Gasteiger partial charge in [-0.15, -0.1) is 0 Å². The Hall–Kier alpha value is -4.03. The van der Waals surface area contributed by atoms with Crippen LogP contribution in [0.15, 0.2) is 60.8 Å². The van der Waals surface area contributed by atoms with Crippen molar-refractivity contribution >= 4 is 17.6 Å². The number of hydrogen-bond acceptors (Lipinski definition) is 5. The number of hydrogen-bond donors (Lipinski definition) is 2. The van der Waals surface area contributed by atoms with E-state index < -0.39 is 17.6 Å². The number of primary amides is 1. The summed E-state index contributed by atoms with van der Waals surface area (Å²) in [4.78, 5) is 26.3. The monoisotopic (exact) mass is 500 g/mol. The number of nitrogens with zero attached hydrogens (tertiary/aromatic N) is 4. The average Bonchev–Trinajstić information content (AvgIpc) is 3.67. The second kappa shape index (κ2) is 10.1. The first-order valence-electron chi connectivity index (χ1n) is 12.5. The van der Waals surface area contributed by atoms with Gasteiger partial charge >= 0.3 is 0 Å². The van der Waals surface area contributed by atoms with Gasteiger partial charge in [-0.1, -0.05) is 54.6 Å². The Kier molecular flexibility index (Phi) is 6.76. The lowest BCUT2D eigenvalue weighted by Crippen LogP contribution is -2.54. The molecule has 1 saturated carbocycles. The highest BCUT2D eigenvalue weighted by Crippen LogP contribution is 2.38. The first-order chi connectivity index (χ1) is 17.9. The topological polar surface area (TPSA) is 117 Å².